The Labute approximate surface area is 175 Å². The molecule has 0 radical (unpaired) electrons. The first-order chi connectivity index (χ1) is 14.3. The van der Waals surface area contributed by atoms with Crippen LogP contribution in [-0.4, -0.2) is 19.0 Å². The first-order valence-electron chi connectivity index (χ1n) is 9.67. The van der Waals surface area contributed by atoms with Crippen molar-refractivity contribution in [2.75, 3.05) is 22.6 Å². The van der Waals surface area contributed by atoms with E-state index in [4.69, 9.17) is 4.74 Å². The van der Waals surface area contributed by atoms with Crippen LogP contribution in [0.15, 0.2) is 54.6 Å². The number of nitrogens with one attached hydrogen (secondary N) is 2. The fraction of sp³-hybridized carbons (Fsp3) is 0.167. The summed E-state index contributed by atoms with van der Waals surface area (Å²) in [5.74, 6) is 0.867. The lowest BCUT2D eigenvalue weighted by Crippen LogP contribution is -2.25. The topological polar surface area (TPSA) is 70.7 Å². The zero-order chi connectivity index (χ0) is 21.4. The fourth-order valence-electron chi connectivity index (χ4n) is 3.59. The molecule has 6 heteroatoms. The van der Waals surface area contributed by atoms with Crippen molar-refractivity contribution in [3.05, 3.63) is 76.9 Å². The minimum Gasteiger partial charge on any atom is -0.454 e. The van der Waals surface area contributed by atoms with Gasteiger partial charge in [0, 0.05) is 18.4 Å². The van der Waals surface area contributed by atoms with Gasteiger partial charge in [-0.15, -0.1) is 0 Å². The average Bonchev–Trinajstić information content (AvgIpc) is 2.77. The number of amides is 3. The summed E-state index contributed by atoms with van der Waals surface area (Å²) in [6.45, 7) is 5.92. The van der Waals surface area contributed by atoms with E-state index in [0.717, 1.165) is 16.7 Å². The minimum absolute atomic E-state index is 0.201. The van der Waals surface area contributed by atoms with Crippen LogP contribution in [-0.2, 0) is 0 Å². The van der Waals surface area contributed by atoms with Crippen LogP contribution in [0.4, 0.5) is 21.9 Å². The monoisotopic (exact) mass is 401 g/mol. The number of urea groups is 1. The van der Waals surface area contributed by atoms with Gasteiger partial charge in [0.25, 0.3) is 5.91 Å². The number of hydrogen-bond acceptors (Lipinski definition) is 3. The predicted molar refractivity (Wildman–Crippen MR) is 119 cm³/mol. The van der Waals surface area contributed by atoms with E-state index >= 15 is 0 Å². The summed E-state index contributed by atoms with van der Waals surface area (Å²) < 4.78 is 5.99. The molecule has 1 aliphatic rings. The molecule has 30 heavy (non-hydrogen) atoms. The molecular formula is C24H23N3O3. The van der Waals surface area contributed by atoms with Gasteiger partial charge in [0.05, 0.1) is 11.3 Å². The number of anilines is 3. The Morgan fingerprint density at radius 1 is 0.800 bits per heavy atom. The molecule has 0 saturated heterocycles. The van der Waals surface area contributed by atoms with Gasteiger partial charge in [-0.25, -0.2) is 4.79 Å². The van der Waals surface area contributed by atoms with Gasteiger partial charge in [0.2, 0.25) is 0 Å². The van der Waals surface area contributed by atoms with Crippen LogP contribution in [0.3, 0.4) is 0 Å². The molecule has 0 aliphatic carbocycles. The molecule has 3 amide bonds. The summed E-state index contributed by atoms with van der Waals surface area (Å²) in [7, 11) is 1.71. The van der Waals surface area contributed by atoms with Crippen molar-refractivity contribution in [1.29, 1.82) is 0 Å². The fourth-order valence-corrected chi connectivity index (χ4v) is 3.59. The van der Waals surface area contributed by atoms with Crippen molar-refractivity contribution >= 4 is 29.0 Å². The quantitative estimate of drug-likeness (QED) is 0.584. The van der Waals surface area contributed by atoms with Crippen LogP contribution >= 0.6 is 0 Å². The zero-order valence-corrected chi connectivity index (χ0v) is 17.4. The van der Waals surface area contributed by atoms with Crippen LogP contribution in [0, 0.1) is 20.8 Å². The maximum Gasteiger partial charge on any atom is 0.323 e. The van der Waals surface area contributed by atoms with Gasteiger partial charge < -0.3 is 20.3 Å². The molecule has 1 heterocycles. The van der Waals surface area contributed by atoms with Gasteiger partial charge in [0.1, 0.15) is 5.75 Å². The van der Waals surface area contributed by atoms with Gasteiger partial charge in [0.15, 0.2) is 5.75 Å². The van der Waals surface area contributed by atoms with Crippen LogP contribution in [0.5, 0.6) is 11.5 Å². The number of benzene rings is 3. The van der Waals surface area contributed by atoms with E-state index in [1.54, 1.807) is 30.1 Å². The molecule has 0 saturated carbocycles. The molecule has 3 aromatic rings. The molecule has 0 bridgehead atoms. The Kier molecular flexibility index (Phi) is 4.91. The molecule has 0 fully saturated rings. The highest BCUT2D eigenvalue weighted by Gasteiger charge is 2.26. The average molecular weight is 401 g/mol. The lowest BCUT2D eigenvalue weighted by Gasteiger charge is -2.17. The Hall–Kier alpha value is -3.80. The van der Waals surface area contributed by atoms with E-state index in [-0.39, 0.29) is 11.9 Å². The van der Waals surface area contributed by atoms with E-state index < -0.39 is 0 Å². The Bertz CT molecular complexity index is 1150. The van der Waals surface area contributed by atoms with E-state index in [9.17, 15) is 9.59 Å². The third-order valence-corrected chi connectivity index (χ3v) is 4.95. The van der Waals surface area contributed by atoms with Crippen molar-refractivity contribution in [2.45, 2.75) is 20.8 Å². The minimum atomic E-state index is -0.380. The SMILES string of the molecule is Cc1cc(C)cc(NC(=O)Nc2ccc3c(c2)C(=O)N(C)c2cc(C)ccc2O3)c1. The summed E-state index contributed by atoms with van der Waals surface area (Å²) >= 11 is 0. The van der Waals surface area contributed by atoms with Crippen LogP contribution in [0.25, 0.3) is 0 Å². The van der Waals surface area contributed by atoms with E-state index in [1.165, 1.54) is 0 Å². The smallest absolute Gasteiger partial charge is 0.323 e. The summed E-state index contributed by atoms with van der Waals surface area (Å²) in [6, 6.07) is 16.2. The molecule has 0 spiro atoms. The number of carbonyl (C=O) groups excluding carboxylic acids is 2. The third-order valence-electron chi connectivity index (χ3n) is 4.95. The van der Waals surface area contributed by atoms with Gasteiger partial charge >= 0.3 is 6.03 Å². The maximum absolute atomic E-state index is 13.0. The molecule has 0 atom stereocenters. The van der Waals surface area contributed by atoms with Crippen LogP contribution < -0.4 is 20.3 Å². The largest absolute Gasteiger partial charge is 0.454 e. The Balaban J connectivity index is 1.58. The number of aryl methyl sites for hydroxylation is 3. The summed E-state index contributed by atoms with van der Waals surface area (Å²) in [6.07, 6.45) is 0. The number of rotatable bonds is 2. The summed E-state index contributed by atoms with van der Waals surface area (Å²) in [5.41, 5.74) is 5.47. The lowest BCUT2D eigenvalue weighted by molar-refractivity contribution is 0.0993. The highest BCUT2D eigenvalue weighted by Crippen LogP contribution is 2.39. The van der Waals surface area contributed by atoms with E-state index in [0.29, 0.717) is 34.1 Å². The second-order valence-electron chi connectivity index (χ2n) is 7.60. The molecular weight excluding hydrogens is 378 g/mol. The normalized spacial score (nSPS) is 12.4. The molecule has 3 aromatic carbocycles. The lowest BCUT2D eigenvalue weighted by atomic mass is 10.1. The van der Waals surface area contributed by atoms with Crippen molar-refractivity contribution in [1.82, 2.24) is 0 Å². The predicted octanol–water partition coefficient (Wildman–Crippen LogP) is 5.64. The number of fused-ring (bicyclic) bond motifs is 2. The highest BCUT2D eigenvalue weighted by molar-refractivity contribution is 6.10. The van der Waals surface area contributed by atoms with Crippen molar-refractivity contribution in [3.63, 3.8) is 0 Å². The van der Waals surface area contributed by atoms with Crippen LogP contribution in [0.1, 0.15) is 27.0 Å². The molecule has 152 valence electrons. The van der Waals surface area contributed by atoms with Gasteiger partial charge in [-0.1, -0.05) is 12.1 Å². The molecule has 6 nitrogen and oxygen atoms in total. The second kappa shape index (κ2) is 7.55. The van der Waals surface area contributed by atoms with Gasteiger partial charge in [-0.3, -0.25) is 4.79 Å². The number of carbonyl (C=O) groups is 2. The summed E-state index contributed by atoms with van der Waals surface area (Å²) in [4.78, 5) is 27.0. The van der Waals surface area contributed by atoms with Gasteiger partial charge in [-0.2, -0.15) is 0 Å². The molecule has 0 unspecified atom stereocenters. The highest BCUT2D eigenvalue weighted by atomic mass is 16.5. The first-order valence-corrected chi connectivity index (χ1v) is 9.67. The number of hydrogen-bond donors (Lipinski definition) is 2. The Morgan fingerprint density at radius 3 is 2.20 bits per heavy atom. The molecule has 2 N–H and O–H groups in total. The van der Waals surface area contributed by atoms with E-state index in [2.05, 4.69) is 10.6 Å². The Morgan fingerprint density at radius 2 is 1.47 bits per heavy atom. The third kappa shape index (κ3) is 3.85. The summed E-state index contributed by atoms with van der Waals surface area (Å²) in [5, 5.41) is 5.62. The maximum atomic E-state index is 13.0. The molecule has 1 aliphatic heterocycles. The number of ether oxygens (including phenoxy) is 1. The molecule has 0 aromatic heterocycles. The number of nitrogens with zero attached hydrogens (tertiary/aromatic N) is 1. The van der Waals surface area contributed by atoms with Crippen molar-refractivity contribution in [2.24, 2.45) is 0 Å². The molecule has 4 rings (SSSR count). The second-order valence-corrected chi connectivity index (χ2v) is 7.60. The van der Waals surface area contributed by atoms with Crippen molar-refractivity contribution in [3.8, 4) is 11.5 Å². The zero-order valence-electron chi connectivity index (χ0n) is 17.4. The van der Waals surface area contributed by atoms with Crippen LogP contribution in [0.2, 0.25) is 0 Å². The van der Waals surface area contributed by atoms with Crippen molar-refractivity contribution < 1.29 is 14.3 Å². The standard InChI is InChI=1S/C24H23N3O3/c1-14-5-7-22-20(12-14)27(4)23(28)19-13-17(6-8-21(19)30-22)25-24(29)26-18-10-15(2)9-16(3)11-18/h5-13H,1-4H3,(H2,25,26,29). The van der Waals surface area contributed by atoms with E-state index in [1.807, 2.05) is 57.2 Å². The van der Waals surface area contributed by atoms with Gasteiger partial charge in [-0.05, 0) is 79.9 Å². The first kappa shape index (κ1) is 19.5.